The third kappa shape index (κ3) is 2.71. The van der Waals surface area contributed by atoms with Crippen molar-refractivity contribution in [3.8, 4) is 0 Å². The fraction of sp³-hybridized carbons (Fsp3) is 0.200. The van der Waals surface area contributed by atoms with E-state index in [1.54, 1.807) is 24.5 Å². The third-order valence-electron chi connectivity index (χ3n) is 1.52. The highest BCUT2D eigenvalue weighted by Crippen LogP contribution is 2.16. The Bertz CT molecular complexity index is 295. The van der Waals surface area contributed by atoms with Crippen LogP contribution in [-0.2, 0) is 9.53 Å². The van der Waals surface area contributed by atoms with Crippen molar-refractivity contribution in [3.05, 3.63) is 42.7 Å². The highest BCUT2D eigenvalue weighted by atomic mass is 16.5. The number of aromatic nitrogens is 1. The quantitative estimate of drug-likeness (QED) is 0.522. The summed E-state index contributed by atoms with van der Waals surface area (Å²) in [5, 5.41) is 0. The van der Waals surface area contributed by atoms with Crippen LogP contribution in [0.3, 0.4) is 0 Å². The molecule has 13 heavy (non-hydrogen) atoms. The first-order valence-electron chi connectivity index (χ1n) is 3.93. The summed E-state index contributed by atoms with van der Waals surface area (Å²) in [5.74, 6) is -0.325. The van der Waals surface area contributed by atoms with Crippen molar-refractivity contribution in [1.82, 2.24) is 4.98 Å². The van der Waals surface area contributed by atoms with Crippen LogP contribution in [0.15, 0.2) is 37.2 Å². The van der Waals surface area contributed by atoms with Crippen LogP contribution in [-0.4, -0.2) is 11.0 Å². The molecule has 0 bridgehead atoms. The molecule has 0 spiro atoms. The molecule has 68 valence electrons. The lowest BCUT2D eigenvalue weighted by Crippen LogP contribution is -2.05. The number of hydrogen-bond donors (Lipinski definition) is 0. The van der Waals surface area contributed by atoms with E-state index in [1.807, 2.05) is 6.07 Å². The highest BCUT2D eigenvalue weighted by Gasteiger charge is 2.09. The van der Waals surface area contributed by atoms with Crippen LogP contribution in [0.1, 0.15) is 18.6 Å². The Morgan fingerprint density at radius 2 is 2.54 bits per heavy atom. The lowest BCUT2D eigenvalue weighted by Gasteiger charge is -2.11. The molecular weight excluding hydrogens is 166 g/mol. The van der Waals surface area contributed by atoms with Crippen molar-refractivity contribution in [2.75, 3.05) is 0 Å². The summed E-state index contributed by atoms with van der Waals surface area (Å²) >= 11 is 0. The number of hydrogen-bond acceptors (Lipinski definition) is 3. The summed E-state index contributed by atoms with van der Waals surface area (Å²) in [7, 11) is 0. The average Bonchev–Trinajstić information content (AvgIpc) is 2.15. The largest absolute Gasteiger partial charge is 0.453 e. The molecule has 1 aromatic rings. The zero-order valence-electron chi connectivity index (χ0n) is 7.43. The molecule has 0 saturated carbocycles. The summed E-state index contributed by atoms with van der Waals surface area (Å²) in [6.07, 6.45) is 4.48. The second-order valence-corrected chi connectivity index (χ2v) is 2.55. The topological polar surface area (TPSA) is 39.2 Å². The summed E-state index contributed by atoms with van der Waals surface area (Å²) in [6.45, 7) is 4.95. The third-order valence-corrected chi connectivity index (χ3v) is 1.52. The zero-order chi connectivity index (χ0) is 9.68. The molecule has 0 N–H and O–H groups in total. The normalized spacial score (nSPS) is 11.8. The van der Waals surface area contributed by atoms with E-state index >= 15 is 0 Å². The van der Waals surface area contributed by atoms with Crippen LogP contribution in [0.25, 0.3) is 0 Å². The van der Waals surface area contributed by atoms with Gasteiger partial charge in [0, 0.05) is 24.9 Å². The molecule has 3 heteroatoms. The van der Waals surface area contributed by atoms with Gasteiger partial charge in [-0.2, -0.15) is 0 Å². The van der Waals surface area contributed by atoms with Crippen LogP contribution >= 0.6 is 0 Å². The molecular formula is C10H11NO2. The Balaban J connectivity index is 2.78. The maximum atomic E-state index is 10.7. The van der Waals surface area contributed by atoms with Gasteiger partial charge in [-0.1, -0.05) is 12.6 Å². The van der Waals surface area contributed by atoms with Crippen molar-refractivity contribution >= 4 is 5.97 Å². The Morgan fingerprint density at radius 3 is 3.00 bits per heavy atom. The van der Waals surface area contributed by atoms with E-state index in [0.717, 1.165) is 5.56 Å². The number of carbonyl (C=O) groups is 1. The molecule has 0 saturated heterocycles. The maximum absolute atomic E-state index is 10.7. The summed E-state index contributed by atoms with van der Waals surface area (Å²) < 4.78 is 4.99. The number of ether oxygens (including phenoxy) is 1. The van der Waals surface area contributed by atoms with Gasteiger partial charge in [0.1, 0.15) is 6.10 Å². The highest BCUT2D eigenvalue weighted by molar-refractivity contribution is 5.66. The monoisotopic (exact) mass is 177 g/mol. The maximum Gasteiger partial charge on any atom is 0.303 e. The van der Waals surface area contributed by atoms with Crippen molar-refractivity contribution < 1.29 is 9.53 Å². The van der Waals surface area contributed by atoms with Crippen LogP contribution < -0.4 is 0 Å². The first kappa shape index (κ1) is 9.45. The van der Waals surface area contributed by atoms with E-state index in [9.17, 15) is 4.79 Å². The summed E-state index contributed by atoms with van der Waals surface area (Å²) in [6, 6.07) is 3.62. The van der Waals surface area contributed by atoms with Crippen LogP contribution in [0, 0.1) is 0 Å². The first-order valence-corrected chi connectivity index (χ1v) is 3.93. The van der Waals surface area contributed by atoms with E-state index in [4.69, 9.17) is 4.74 Å². The van der Waals surface area contributed by atoms with Crippen molar-refractivity contribution in [3.63, 3.8) is 0 Å². The van der Waals surface area contributed by atoms with E-state index in [2.05, 4.69) is 11.6 Å². The van der Waals surface area contributed by atoms with Gasteiger partial charge in [-0.05, 0) is 12.1 Å². The van der Waals surface area contributed by atoms with Gasteiger partial charge in [0.25, 0.3) is 0 Å². The fourth-order valence-electron chi connectivity index (χ4n) is 0.975. The first-order chi connectivity index (χ1) is 6.24. The minimum atomic E-state index is -0.397. The number of rotatable bonds is 3. The second-order valence-electron chi connectivity index (χ2n) is 2.55. The van der Waals surface area contributed by atoms with Crippen molar-refractivity contribution in [2.24, 2.45) is 0 Å². The molecule has 1 heterocycles. The molecule has 0 aromatic carbocycles. The number of esters is 1. The van der Waals surface area contributed by atoms with Gasteiger partial charge in [-0.25, -0.2) is 0 Å². The van der Waals surface area contributed by atoms with Gasteiger partial charge >= 0.3 is 5.97 Å². The second kappa shape index (κ2) is 4.40. The molecule has 0 aliphatic heterocycles. The molecule has 3 nitrogen and oxygen atoms in total. The minimum Gasteiger partial charge on any atom is -0.453 e. The molecule has 1 aromatic heterocycles. The predicted octanol–water partition coefficient (Wildman–Crippen LogP) is 1.87. The summed E-state index contributed by atoms with van der Waals surface area (Å²) in [4.78, 5) is 14.6. The van der Waals surface area contributed by atoms with Gasteiger partial charge in [-0.3, -0.25) is 9.78 Å². The molecule has 1 rings (SSSR count). The van der Waals surface area contributed by atoms with Gasteiger partial charge in [-0.15, -0.1) is 0 Å². The Labute approximate surface area is 77.1 Å². The molecule has 0 aliphatic rings. The van der Waals surface area contributed by atoms with Crippen LogP contribution in [0.2, 0.25) is 0 Å². The molecule has 1 atom stereocenters. The van der Waals surface area contributed by atoms with Gasteiger partial charge in [0.15, 0.2) is 0 Å². The van der Waals surface area contributed by atoms with Crippen molar-refractivity contribution in [2.45, 2.75) is 13.0 Å². The minimum absolute atomic E-state index is 0.325. The van der Waals surface area contributed by atoms with E-state index < -0.39 is 6.10 Å². The number of pyridine rings is 1. The van der Waals surface area contributed by atoms with Crippen LogP contribution in [0.5, 0.6) is 0 Å². The molecule has 0 amide bonds. The number of nitrogens with zero attached hydrogens (tertiary/aromatic N) is 1. The zero-order valence-corrected chi connectivity index (χ0v) is 7.43. The lowest BCUT2D eigenvalue weighted by atomic mass is 10.1. The SMILES string of the molecule is C=C[C@H](OC(C)=O)c1cccnc1. The molecule has 0 unspecified atom stereocenters. The number of carbonyl (C=O) groups excluding carboxylic acids is 1. The Hall–Kier alpha value is -1.64. The molecule has 0 fully saturated rings. The average molecular weight is 177 g/mol. The Morgan fingerprint density at radius 1 is 1.77 bits per heavy atom. The Kier molecular flexibility index (Phi) is 3.20. The van der Waals surface area contributed by atoms with Crippen molar-refractivity contribution in [1.29, 1.82) is 0 Å². The van der Waals surface area contributed by atoms with Crippen LogP contribution in [0.4, 0.5) is 0 Å². The van der Waals surface area contributed by atoms with Gasteiger partial charge < -0.3 is 4.74 Å². The molecule has 0 radical (unpaired) electrons. The van der Waals surface area contributed by atoms with Gasteiger partial charge in [0.05, 0.1) is 0 Å². The smallest absolute Gasteiger partial charge is 0.303 e. The predicted molar refractivity (Wildman–Crippen MR) is 48.9 cm³/mol. The standard InChI is InChI=1S/C10H11NO2/c1-3-10(13-8(2)12)9-5-4-6-11-7-9/h3-7,10H,1H2,2H3/t10-/m0/s1. The van der Waals surface area contributed by atoms with E-state index in [1.165, 1.54) is 6.92 Å². The lowest BCUT2D eigenvalue weighted by molar-refractivity contribution is -0.144. The van der Waals surface area contributed by atoms with Gasteiger partial charge in [0.2, 0.25) is 0 Å². The van der Waals surface area contributed by atoms with E-state index in [-0.39, 0.29) is 5.97 Å². The fourth-order valence-corrected chi connectivity index (χ4v) is 0.975. The molecule has 0 aliphatic carbocycles. The van der Waals surface area contributed by atoms with E-state index in [0.29, 0.717) is 0 Å². The summed E-state index contributed by atoms with van der Waals surface area (Å²) in [5.41, 5.74) is 0.827.